The number of aromatic nitrogens is 2. The normalized spacial score (nSPS) is 11.9. The van der Waals surface area contributed by atoms with Crippen LogP contribution in [0, 0.1) is 0 Å². The van der Waals surface area contributed by atoms with Gasteiger partial charge in [-0.3, -0.25) is 4.55 Å². The Labute approximate surface area is 123 Å². The summed E-state index contributed by atoms with van der Waals surface area (Å²) in [7, 11) is -4.27. The van der Waals surface area contributed by atoms with Crippen molar-refractivity contribution in [1.82, 2.24) is 9.97 Å². The maximum Gasteiger partial charge on any atom is 0.295 e. The maximum absolute atomic E-state index is 11.3. The Kier molecular flexibility index (Phi) is 3.12. The van der Waals surface area contributed by atoms with E-state index >= 15 is 0 Å². The van der Waals surface area contributed by atoms with E-state index in [2.05, 4.69) is 25.9 Å². The molecule has 0 atom stereocenters. The van der Waals surface area contributed by atoms with Gasteiger partial charge >= 0.3 is 0 Å². The van der Waals surface area contributed by atoms with Crippen LogP contribution in [0.1, 0.15) is 0 Å². The molecule has 7 heteroatoms. The third-order valence-electron chi connectivity index (χ3n) is 2.89. The van der Waals surface area contributed by atoms with Crippen molar-refractivity contribution in [1.29, 1.82) is 0 Å². The second-order valence-corrected chi connectivity index (χ2v) is 6.38. The van der Waals surface area contributed by atoms with Crippen LogP contribution in [0.5, 0.6) is 0 Å². The SMILES string of the molecule is O=S(=O)(O)c1ccc2nc(-c3ccccc3)[nH]c2c1Br. The minimum absolute atomic E-state index is 0.187. The standard InChI is InChI=1S/C13H9BrN2O3S/c14-11-10(20(17,18)19)7-6-9-12(11)16-13(15-9)8-4-2-1-3-5-8/h1-7H,(H,15,16)(H,17,18,19). The summed E-state index contributed by atoms with van der Waals surface area (Å²) in [4.78, 5) is 7.28. The second kappa shape index (κ2) is 4.69. The van der Waals surface area contributed by atoms with Gasteiger partial charge in [0.15, 0.2) is 0 Å². The van der Waals surface area contributed by atoms with Gasteiger partial charge in [0.25, 0.3) is 10.1 Å². The number of nitrogens with one attached hydrogen (secondary N) is 1. The van der Waals surface area contributed by atoms with Crippen LogP contribution in [0.3, 0.4) is 0 Å². The third-order valence-corrected chi connectivity index (χ3v) is 4.87. The minimum Gasteiger partial charge on any atom is -0.337 e. The largest absolute Gasteiger partial charge is 0.337 e. The van der Waals surface area contributed by atoms with Gasteiger partial charge in [-0.05, 0) is 28.1 Å². The van der Waals surface area contributed by atoms with E-state index in [1.807, 2.05) is 30.3 Å². The molecule has 1 aromatic heterocycles. The smallest absolute Gasteiger partial charge is 0.295 e. The molecule has 0 saturated carbocycles. The van der Waals surface area contributed by atoms with E-state index in [1.165, 1.54) is 6.07 Å². The summed E-state index contributed by atoms with van der Waals surface area (Å²) in [5.41, 5.74) is 2.03. The molecule has 3 aromatic rings. The van der Waals surface area contributed by atoms with Crippen LogP contribution >= 0.6 is 15.9 Å². The minimum atomic E-state index is -4.27. The van der Waals surface area contributed by atoms with Crippen molar-refractivity contribution in [2.24, 2.45) is 0 Å². The molecule has 2 aromatic carbocycles. The van der Waals surface area contributed by atoms with Crippen LogP contribution in [0.2, 0.25) is 0 Å². The van der Waals surface area contributed by atoms with E-state index in [-0.39, 0.29) is 9.37 Å². The molecule has 0 aliphatic carbocycles. The molecule has 0 radical (unpaired) electrons. The van der Waals surface area contributed by atoms with Gasteiger partial charge in [0.1, 0.15) is 10.7 Å². The van der Waals surface area contributed by atoms with E-state index in [4.69, 9.17) is 4.55 Å². The van der Waals surface area contributed by atoms with Crippen molar-refractivity contribution < 1.29 is 13.0 Å². The number of aromatic amines is 1. The van der Waals surface area contributed by atoms with Crippen LogP contribution in [0.15, 0.2) is 51.8 Å². The average molecular weight is 353 g/mol. The first-order chi connectivity index (χ1) is 9.47. The lowest BCUT2D eigenvalue weighted by Gasteiger charge is -2.00. The predicted octanol–water partition coefficient (Wildman–Crippen LogP) is 3.24. The molecule has 2 N–H and O–H groups in total. The number of rotatable bonds is 2. The molecule has 1 heterocycles. The summed E-state index contributed by atoms with van der Waals surface area (Å²) >= 11 is 3.19. The average Bonchev–Trinajstić information content (AvgIpc) is 2.83. The first kappa shape index (κ1) is 13.3. The Morgan fingerprint density at radius 2 is 1.80 bits per heavy atom. The van der Waals surface area contributed by atoms with Gasteiger partial charge in [-0.1, -0.05) is 30.3 Å². The van der Waals surface area contributed by atoms with Gasteiger partial charge in [0, 0.05) is 5.56 Å². The number of hydrogen-bond acceptors (Lipinski definition) is 3. The third kappa shape index (κ3) is 2.24. The van der Waals surface area contributed by atoms with Crippen LogP contribution in [-0.2, 0) is 10.1 Å². The molecule has 0 aliphatic heterocycles. The molecular formula is C13H9BrN2O3S. The zero-order chi connectivity index (χ0) is 14.3. The van der Waals surface area contributed by atoms with E-state index in [0.29, 0.717) is 16.9 Å². The predicted molar refractivity (Wildman–Crippen MR) is 79.0 cm³/mol. The number of hydrogen-bond donors (Lipinski definition) is 2. The van der Waals surface area contributed by atoms with Crippen LogP contribution in [0.4, 0.5) is 0 Å². The Balaban J connectivity index is 2.25. The van der Waals surface area contributed by atoms with Gasteiger partial charge in [-0.15, -0.1) is 0 Å². The fourth-order valence-electron chi connectivity index (χ4n) is 1.96. The topological polar surface area (TPSA) is 83.1 Å². The molecule has 102 valence electrons. The van der Waals surface area contributed by atoms with Crippen LogP contribution in [0.25, 0.3) is 22.4 Å². The van der Waals surface area contributed by atoms with E-state index in [9.17, 15) is 8.42 Å². The molecule has 0 fully saturated rings. The van der Waals surface area contributed by atoms with Crippen molar-refractivity contribution in [3.05, 3.63) is 46.9 Å². The van der Waals surface area contributed by atoms with Gasteiger partial charge in [0.05, 0.1) is 15.5 Å². The second-order valence-electron chi connectivity index (χ2n) is 4.20. The van der Waals surface area contributed by atoms with E-state index in [0.717, 1.165) is 5.56 Å². The lowest BCUT2D eigenvalue weighted by atomic mass is 10.2. The first-order valence-electron chi connectivity index (χ1n) is 5.68. The summed E-state index contributed by atoms with van der Waals surface area (Å²) in [6, 6.07) is 12.3. The number of nitrogens with zero attached hydrogens (tertiary/aromatic N) is 1. The lowest BCUT2D eigenvalue weighted by Crippen LogP contribution is -1.99. The molecule has 0 amide bonds. The fraction of sp³-hybridized carbons (Fsp3) is 0. The number of H-pyrrole nitrogens is 1. The molecule has 0 spiro atoms. The highest BCUT2D eigenvalue weighted by Gasteiger charge is 2.18. The first-order valence-corrected chi connectivity index (χ1v) is 7.91. The highest BCUT2D eigenvalue weighted by atomic mass is 79.9. The van der Waals surface area contributed by atoms with E-state index in [1.54, 1.807) is 6.07 Å². The summed E-state index contributed by atoms with van der Waals surface area (Å²) in [5, 5.41) is 0. The highest BCUT2D eigenvalue weighted by molar-refractivity contribution is 9.10. The van der Waals surface area contributed by atoms with Crippen LogP contribution < -0.4 is 0 Å². The molecule has 0 unspecified atom stereocenters. The quantitative estimate of drug-likeness (QED) is 0.693. The molecular weight excluding hydrogens is 344 g/mol. The molecule has 5 nitrogen and oxygen atoms in total. The Bertz CT molecular complexity index is 889. The summed E-state index contributed by atoms with van der Waals surface area (Å²) < 4.78 is 32.0. The van der Waals surface area contributed by atoms with Gasteiger partial charge < -0.3 is 4.98 Å². The Hall–Kier alpha value is -1.70. The number of fused-ring (bicyclic) bond motifs is 1. The van der Waals surface area contributed by atoms with Gasteiger partial charge in [-0.2, -0.15) is 8.42 Å². The van der Waals surface area contributed by atoms with Gasteiger partial charge in [-0.25, -0.2) is 4.98 Å². The van der Waals surface area contributed by atoms with E-state index < -0.39 is 10.1 Å². The number of imidazole rings is 1. The van der Waals surface area contributed by atoms with Crippen molar-refractivity contribution >= 4 is 37.1 Å². The highest BCUT2D eigenvalue weighted by Crippen LogP contribution is 2.31. The molecule has 3 rings (SSSR count). The monoisotopic (exact) mass is 352 g/mol. The summed E-state index contributed by atoms with van der Waals surface area (Å²) in [6.45, 7) is 0. The van der Waals surface area contributed by atoms with Crippen LogP contribution in [-0.4, -0.2) is 22.9 Å². The maximum atomic E-state index is 11.3. The Morgan fingerprint density at radius 3 is 2.45 bits per heavy atom. The number of halogens is 1. The molecule has 0 aliphatic rings. The van der Waals surface area contributed by atoms with Crippen molar-refractivity contribution in [2.45, 2.75) is 4.90 Å². The van der Waals surface area contributed by atoms with Crippen molar-refractivity contribution in [3.8, 4) is 11.4 Å². The van der Waals surface area contributed by atoms with Crippen molar-refractivity contribution in [2.75, 3.05) is 0 Å². The Morgan fingerprint density at radius 1 is 1.10 bits per heavy atom. The lowest BCUT2D eigenvalue weighted by molar-refractivity contribution is 0.483. The van der Waals surface area contributed by atoms with Gasteiger partial charge in [0.2, 0.25) is 0 Å². The molecule has 0 bridgehead atoms. The summed E-state index contributed by atoms with van der Waals surface area (Å²) in [5.74, 6) is 0.633. The fourth-order valence-corrected chi connectivity index (χ4v) is 3.57. The number of benzene rings is 2. The summed E-state index contributed by atoms with van der Waals surface area (Å²) in [6.07, 6.45) is 0. The zero-order valence-corrected chi connectivity index (χ0v) is 12.4. The molecule has 20 heavy (non-hydrogen) atoms. The molecule has 0 saturated heterocycles. The zero-order valence-electron chi connectivity index (χ0n) is 10.0. The van der Waals surface area contributed by atoms with Crippen molar-refractivity contribution in [3.63, 3.8) is 0 Å².